The molecule has 2 aliphatic rings. The second-order valence-corrected chi connectivity index (χ2v) is 7.32. The lowest BCUT2D eigenvalue weighted by Gasteiger charge is -2.11. The normalized spacial score (nSPS) is 19.7. The molecule has 10 heteroatoms. The number of anilines is 1. The summed E-state index contributed by atoms with van der Waals surface area (Å²) in [4.78, 5) is 37.5. The van der Waals surface area contributed by atoms with E-state index < -0.39 is 12.1 Å². The molecule has 2 aromatic heterocycles. The second-order valence-electron chi connectivity index (χ2n) is 6.31. The smallest absolute Gasteiger partial charge is 0.325 e. The van der Waals surface area contributed by atoms with Crippen molar-refractivity contribution in [1.82, 2.24) is 20.4 Å². The second kappa shape index (κ2) is 6.87. The molecule has 1 saturated heterocycles. The van der Waals surface area contributed by atoms with Gasteiger partial charge in [0.15, 0.2) is 0 Å². The number of nitrogens with one attached hydrogen (secondary N) is 2. The molecule has 136 valence electrons. The van der Waals surface area contributed by atoms with Gasteiger partial charge in [-0.25, -0.2) is 4.79 Å². The van der Waals surface area contributed by atoms with E-state index in [0.717, 1.165) is 22.7 Å². The molecule has 0 spiro atoms. The molecular formula is C16H17N5O4S. The Morgan fingerprint density at radius 2 is 2.23 bits per heavy atom. The molecule has 2 fully saturated rings. The average Bonchev–Trinajstić information content (AvgIpc) is 3.03. The summed E-state index contributed by atoms with van der Waals surface area (Å²) in [7, 11) is 0. The van der Waals surface area contributed by atoms with Crippen LogP contribution in [0.2, 0.25) is 0 Å². The molecule has 9 nitrogen and oxygen atoms in total. The number of hydrogen-bond acceptors (Lipinski definition) is 7. The van der Waals surface area contributed by atoms with Crippen molar-refractivity contribution in [2.75, 3.05) is 5.32 Å². The number of imide groups is 1. The molecule has 0 bridgehead atoms. The van der Waals surface area contributed by atoms with Crippen LogP contribution in [0.15, 0.2) is 22.8 Å². The highest BCUT2D eigenvalue weighted by molar-refractivity contribution is 7.15. The molecule has 1 aliphatic heterocycles. The monoisotopic (exact) mass is 375 g/mol. The number of furan rings is 1. The lowest BCUT2D eigenvalue weighted by molar-refractivity contribution is -0.128. The van der Waals surface area contributed by atoms with Crippen LogP contribution in [0.1, 0.15) is 42.4 Å². The van der Waals surface area contributed by atoms with Crippen molar-refractivity contribution in [2.45, 2.75) is 44.2 Å². The summed E-state index contributed by atoms with van der Waals surface area (Å²) >= 11 is 1.38. The molecule has 0 unspecified atom stereocenters. The minimum atomic E-state index is -0.709. The Labute approximate surface area is 152 Å². The van der Waals surface area contributed by atoms with Gasteiger partial charge in [0.1, 0.15) is 16.8 Å². The van der Waals surface area contributed by atoms with Crippen LogP contribution in [-0.4, -0.2) is 39.0 Å². The number of hydrogen-bond donors (Lipinski definition) is 2. The number of carbonyl (C=O) groups excluding carboxylic acids is 3. The molecule has 2 aromatic rings. The molecule has 4 rings (SSSR count). The zero-order chi connectivity index (χ0) is 18.1. The van der Waals surface area contributed by atoms with E-state index in [4.69, 9.17) is 4.42 Å². The number of aromatic nitrogens is 2. The van der Waals surface area contributed by atoms with Gasteiger partial charge < -0.3 is 15.1 Å². The summed E-state index contributed by atoms with van der Waals surface area (Å²) in [5.74, 6) is 0.403. The average molecular weight is 375 g/mol. The Balaban J connectivity index is 1.27. The van der Waals surface area contributed by atoms with Crippen molar-refractivity contribution in [3.05, 3.63) is 29.2 Å². The Morgan fingerprint density at radius 1 is 1.38 bits per heavy atom. The fourth-order valence-electron chi connectivity index (χ4n) is 2.72. The maximum Gasteiger partial charge on any atom is 0.325 e. The first kappa shape index (κ1) is 16.7. The fraction of sp³-hybridized carbons (Fsp3) is 0.438. The molecule has 0 aromatic carbocycles. The van der Waals surface area contributed by atoms with Crippen LogP contribution in [0.5, 0.6) is 0 Å². The summed E-state index contributed by atoms with van der Waals surface area (Å²) in [5.41, 5.74) is 0. The standard InChI is InChI=1S/C16H17N5O4S/c22-12(18-15-20-19-13(26-15)9-3-4-9)6-5-11-14(23)21(16(24)17-11)8-10-2-1-7-25-10/h1-2,7,9,11H,3-6,8H2,(H,17,24)(H,18,20,22)/t11-/m0/s1. The SMILES string of the molecule is O=C(CC[C@@H]1NC(=O)N(Cc2ccco2)C1=O)Nc1nnc(C2CC2)s1. The van der Waals surface area contributed by atoms with Crippen molar-refractivity contribution in [1.29, 1.82) is 0 Å². The first-order valence-electron chi connectivity index (χ1n) is 8.37. The lowest BCUT2D eigenvalue weighted by atomic mass is 10.1. The summed E-state index contributed by atoms with van der Waals surface area (Å²) < 4.78 is 5.17. The van der Waals surface area contributed by atoms with E-state index in [1.54, 1.807) is 12.1 Å². The van der Waals surface area contributed by atoms with Crippen LogP contribution in [0, 0.1) is 0 Å². The topological polar surface area (TPSA) is 117 Å². The third-order valence-corrected chi connectivity index (χ3v) is 5.28. The fourth-order valence-corrected chi connectivity index (χ4v) is 3.65. The van der Waals surface area contributed by atoms with Crippen LogP contribution in [0.4, 0.5) is 9.93 Å². The Kier molecular flexibility index (Phi) is 4.41. The first-order chi connectivity index (χ1) is 12.6. The van der Waals surface area contributed by atoms with Crippen LogP contribution >= 0.6 is 11.3 Å². The highest BCUT2D eigenvalue weighted by Crippen LogP contribution is 2.42. The maximum absolute atomic E-state index is 12.3. The largest absolute Gasteiger partial charge is 0.467 e. The van der Waals surface area contributed by atoms with Gasteiger partial charge in [-0.05, 0) is 31.4 Å². The van der Waals surface area contributed by atoms with Crippen molar-refractivity contribution < 1.29 is 18.8 Å². The van der Waals surface area contributed by atoms with Crippen molar-refractivity contribution >= 4 is 34.3 Å². The quantitative estimate of drug-likeness (QED) is 0.713. The predicted molar refractivity (Wildman–Crippen MR) is 91.3 cm³/mol. The van der Waals surface area contributed by atoms with E-state index in [2.05, 4.69) is 20.8 Å². The number of amides is 4. The van der Waals surface area contributed by atoms with Crippen molar-refractivity contribution in [2.24, 2.45) is 0 Å². The zero-order valence-corrected chi connectivity index (χ0v) is 14.6. The zero-order valence-electron chi connectivity index (χ0n) is 13.8. The van der Waals surface area contributed by atoms with E-state index in [0.29, 0.717) is 16.8 Å². The molecule has 0 radical (unpaired) electrons. The summed E-state index contributed by atoms with van der Waals surface area (Å²) in [5, 5.41) is 14.7. The minimum absolute atomic E-state index is 0.0785. The molecule has 1 aliphatic carbocycles. The van der Waals surface area contributed by atoms with E-state index >= 15 is 0 Å². The first-order valence-corrected chi connectivity index (χ1v) is 9.19. The van der Waals surface area contributed by atoms with E-state index in [1.165, 1.54) is 17.6 Å². The van der Waals surface area contributed by atoms with E-state index in [1.807, 2.05) is 0 Å². The van der Waals surface area contributed by atoms with E-state index in [-0.39, 0.29) is 31.2 Å². The van der Waals surface area contributed by atoms with Crippen LogP contribution < -0.4 is 10.6 Å². The Morgan fingerprint density at radius 3 is 2.96 bits per heavy atom. The predicted octanol–water partition coefficient (Wildman–Crippen LogP) is 1.85. The van der Waals surface area contributed by atoms with Crippen molar-refractivity contribution in [3.8, 4) is 0 Å². The van der Waals surface area contributed by atoms with Gasteiger partial charge in [-0.2, -0.15) is 0 Å². The van der Waals surface area contributed by atoms with Gasteiger partial charge in [0.2, 0.25) is 11.0 Å². The van der Waals surface area contributed by atoms with Gasteiger partial charge in [-0.1, -0.05) is 11.3 Å². The summed E-state index contributed by atoms with van der Waals surface area (Å²) in [6.45, 7) is 0.0785. The number of rotatable bonds is 7. The minimum Gasteiger partial charge on any atom is -0.467 e. The summed E-state index contributed by atoms with van der Waals surface area (Å²) in [6.07, 6.45) is 4.06. The molecule has 1 saturated carbocycles. The highest BCUT2D eigenvalue weighted by Gasteiger charge is 2.38. The van der Waals surface area contributed by atoms with Gasteiger partial charge >= 0.3 is 6.03 Å². The lowest BCUT2D eigenvalue weighted by Crippen LogP contribution is -2.31. The van der Waals surface area contributed by atoms with E-state index in [9.17, 15) is 14.4 Å². The van der Waals surface area contributed by atoms with Gasteiger partial charge in [0, 0.05) is 12.3 Å². The molecule has 2 N–H and O–H groups in total. The summed E-state index contributed by atoms with van der Waals surface area (Å²) in [6, 6.07) is 2.20. The van der Waals surface area contributed by atoms with Crippen LogP contribution in [0.3, 0.4) is 0 Å². The highest BCUT2D eigenvalue weighted by atomic mass is 32.1. The number of urea groups is 1. The van der Waals surface area contributed by atoms with Gasteiger partial charge in [0.05, 0.1) is 12.8 Å². The molecule has 26 heavy (non-hydrogen) atoms. The van der Waals surface area contributed by atoms with Gasteiger partial charge in [-0.3, -0.25) is 14.5 Å². The molecule has 1 atom stereocenters. The number of nitrogens with zero attached hydrogens (tertiary/aromatic N) is 3. The third-order valence-electron chi connectivity index (χ3n) is 4.27. The van der Waals surface area contributed by atoms with Gasteiger partial charge in [0.25, 0.3) is 5.91 Å². The Bertz CT molecular complexity index is 830. The Hall–Kier alpha value is -2.75. The third kappa shape index (κ3) is 3.59. The van der Waals surface area contributed by atoms with Crippen LogP contribution in [0.25, 0.3) is 0 Å². The number of carbonyl (C=O) groups is 3. The van der Waals surface area contributed by atoms with Crippen molar-refractivity contribution in [3.63, 3.8) is 0 Å². The molecular weight excluding hydrogens is 358 g/mol. The molecule has 3 heterocycles. The van der Waals surface area contributed by atoms with Crippen LogP contribution in [-0.2, 0) is 16.1 Å². The molecule has 4 amide bonds. The van der Waals surface area contributed by atoms with Gasteiger partial charge in [-0.15, -0.1) is 10.2 Å². The maximum atomic E-state index is 12.3.